The predicted octanol–water partition coefficient (Wildman–Crippen LogP) is 1.88. The van der Waals surface area contributed by atoms with Crippen LogP contribution in [0.3, 0.4) is 0 Å². The molecule has 4 heteroatoms. The summed E-state index contributed by atoms with van der Waals surface area (Å²) >= 11 is 0. The maximum atomic E-state index is 5.13. The van der Waals surface area contributed by atoms with Crippen molar-refractivity contribution in [2.75, 3.05) is 21.3 Å². The van der Waals surface area contributed by atoms with Crippen LogP contribution in [0.15, 0.2) is 12.1 Å². The van der Waals surface area contributed by atoms with E-state index < -0.39 is 0 Å². The van der Waals surface area contributed by atoms with Gasteiger partial charge in [-0.05, 0) is 0 Å². The van der Waals surface area contributed by atoms with Gasteiger partial charge in [-0.3, -0.25) is 0 Å². The van der Waals surface area contributed by atoms with Crippen molar-refractivity contribution in [2.24, 2.45) is 0 Å². The molecule has 4 nitrogen and oxygen atoms in total. The Morgan fingerprint density at radius 3 is 1.71 bits per heavy atom. The van der Waals surface area contributed by atoms with Crippen molar-refractivity contribution in [1.82, 2.24) is 0 Å². The summed E-state index contributed by atoms with van der Waals surface area (Å²) < 4.78 is 20.2. The summed E-state index contributed by atoms with van der Waals surface area (Å²) in [6.45, 7) is 0. The van der Waals surface area contributed by atoms with Gasteiger partial charge in [-0.1, -0.05) is 0 Å². The second-order valence-corrected chi connectivity index (χ2v) is 2.51. The minimum Gasteiger partial charge on any atom is -0.493 e. The highest BCUT2D eigenvalue weighted by Gasteiger charge is 2.12. The molecule has 0 fully saturated rings. The molecule has 0 aliphatic carbocycles. The number of ether oxygens (including phenoxy) is 4. The first-order chi connectivity index (χ1) is 6.76. The smallest absolute Gasteiger partial charge is 0.203 e. The minimum atomic E-state index is 0.538. The zero-order valence-corrected chi connectivity index (χ0v) is 8.49. The molecule has 0 N–H and O–H groups in total. The summed E-state index contributed by atoms with van der Waals surface area (Å²) in [6.07, 6.45) is 0. The molecular weight excluding hydrogens is 184 g/mol. The monoisotopic (exact) mass is 197 g/mol. The summed E-state index contributed by atoms with van der Waals surface area (Å²) in [5.41, 5.74) is 0. The highest BCUT2D eigenvalue weighted by atomic mass is 16.5. The number of benzene rings is 1. The molecule has 1 radical (unpaired) electrons. The van der Waals surface area contributed by atoms with E-state index in [1.54, 1.807) is 33.5 Å². The molecule has 0 saturated heterocycles. The topological polar surface area (TPSA) is 36.9 Å². The van der Waals surface area contributed by atoms with Crippen LogP contribution in [-0.2, 0) is 0 Å². The fourth-order valence-electron chi connectivity index (χ4n) is 1.14. The van der Waals surface area contributed by atoms with Gasteiger partial charge in [0.05, 0.1) is 21.3 Å². The summed E-state index contributed by atoms with van der Waals surface area (Å²) in [5, 5.41) is 0. The van der Waals surface area contributed by atoms with Crippen LogP contribution < -0.4 is 18.9 Å². The first-order valence-electron chi connectivity index (χ1n) is 3.98. The van der Waals surface area contributed by atoms with Gasteiger partial charge in [0.1, 0.15) is 12.9 Å². The lowest BCUT2D eigenvalue weighted by Gasteiger charge is -2.13. The summed E-state index contributed by atoms with van der Waals surface area (Å²) in [7, 11) is 7.95. The lowest BCUT2D eigenvalue weighted by atomic mass is 10.2. The van der Waals surface area contributed by atoms with E-state index in [2.05, 4.69) is 7.11 Å². The standard InChI is InChI=1S/C10H13O4/c1-11-7-5-8(12-2)10(14-4)9(6-7)13-3/h5-6H,1H2,2-4H3. The minimum absolute atomic E-state index is 0.538. The molecule has 0 heterocycles. The second kappa shape index (κ2) is 4.60. The Morgan fingerprint density at radius 2 is 1.43 bits per heavy atom. The Morgan fingerprint density at radius 1 is 0.929 bits per heavy atom. The van der Waals surface area contributed by atoms with E-state index in [0.29, 0.717) is 23.0 Å². The molecule has 0 aliphatic rings. The van der Waals surface area contributed by atoms with Crippen molar-refractivity contribution < 1.29 is 18.9 Å². The lowest BCUT2D eigenvalue weighted by Crippen LogP contribution is -1.95. The predicted molar refractivity (Wildman–Crippen MR) is 52.1 cm³/mol. The van der Waals surface area contributed by atoms with E-state index in [1.807, 2.05) is 0 Å². The molecule has 1 rings (SSSR count). The van der Waals surface area contributed by atoms with E-state index >= 15 is 0 Å². The van der Waals surface area contributed by atoms with Crippen LogP contribution in [0.1, 0.15) is 0 Å². The van der Waals surface area contributed by atoms with Crippen LogP contribution >= 0.6 is 0 Å². The third kappa shape index (κ3) is 1.84. The van der Waals surface area contributed by atoms with Crippen LogP contribution in [0.2, 0.25) is 0 Å². The fourth-order valence-corrected chi connectivity index (χ4v) is 1.14. The fraction of sp³-hybridized carbons (Fsp3) is 0.300. The first kappa shape index (κ1) is 10.5. The van der Waals surface area contributed by atoms with E-state index in [4.69, 9.17) is 18.9 Å². The Hall–Kier alpha value is -1.58. The first-order valence-corrected chi connectivity index (χ1v) is 3.98. The molecule has 1 aromatic rings. The van der Waals surface area contributed by atoms with Crippen molar-refractivity contribution in [3.8, 4) is 23.0 Å². The highest BCUT2D eigenvalue weighted by molar-refractivity contribution is 5.55. The van der Waals surface area contributed by atoms with Crippen LogP contribution in [0.25, 0.3) is 0 Å². The average molecular weight is 197 g/mol. The van der Waals surface area contributed by atoms with Crippen molar-refractivity contribution >= 4 is 0 Å². The average Bonchev–Trinajstić information content (AvgIpc) is 2.26. The van der Waals surface area contributed by atoms with Gasteiger partial charge in [-0.15, -0.1) is 0 Å². The Balaban J connectivity index is 3.24. The van der Waals surface area contributed by atoms with Crippen molar-refractivity contribution in [3.63, 3.8) is 0 Å². The van der Waals surface area contributed by atoms with E-state index in [-0.39, 0.29) is 0 Å². The molecule has 1 aromatic carbocycles. The van der Waals surface area contributed by atoms with Crippen molar-refractivity contribution in [1.29, 1.82) is 0 Å². The summed E-state index contributed by atoms with van der Waals surface area (Å²) in [4.78, 5) is 0. The third-order valence-corrected chi connectivity index (χ3v) is 1.80. The molecular formula is C10H13O4. The largest absolute Gasteiger partial charge is 0.493 e. The highest BCUT2D eigenvalue weighted by Crippen LogP contribution is 2.40. The lowest BCUT2D eigenvalue weighted by molar-refractivity contribution is 0.321. The molecule has 0 amide bonds. The normalized spacial score (nSPS) is 9.43. The van der Waals surface area contributed by atoms with Gasteiger partial charge < -0.3 is 18.9 Å². The molecule has 14 heavy (non-hydrogen) atoms. The molecule has 0 aliphatic heterocycles. The van der Waals surface area contributed by atoms with Gasteiger partial charge in [0, 0.05) is 12.1 Å². The maximum Gasteiger partial charge on any atom is 0.203 e. The Labute approximate surface area is 83.3 Å². The van der Waals surface area contributed by atoms with Gasteiger partial charge in [-0.25, -0.2) is 0 Å². The number of hydrogen-bond acceptors (Lipinski definition) is 4. The van der Waals surface area contributed by atoms with Crippen molar-refractivity contribution in [3.05, 3.63) is 19.2 Å². The van der Waals surface area contributed by atoms with E-state index in [9.17, 15) is 0 Å². The van der Waals surface area contributed by atoms with E-state index in [0.717, 1.165) is 0 Å². The number of hydrogen-bond donors (Lipinski definition) is 0. The number of rotatable bonds is 4. The zero-order chi connectivity index (χ0) is 10.6. The zero-order valence-electron chi connectivity index (χ0n) is 8.49. The number of methoxy groups -OCH3 is 3. The van der Waals surface area contributed by atoms with Crippen LogP contribution in [0.5, 0.6) is 23.0 Å². The Kier molecular flexibility index (Phi) is 3.45. The van der Waals surface area contributed by atoms with Gasteiger partial charge >= 0.3 is 0 Å². The molecule has 0 bridgehead atoms. The molecule has 0 saturated carbocycles. The Bertz CT molecular complexity index is 284. The van der Waals surface area contributed by atoms with Gasteiger partial charge in [0.25, 0.3) is 0 Å². The van der Waals surface area contributed by atoms with Gasteiger partial charge in [-0.2, -0.15) is 0 Å². The van der Waals surface area contributed by atoms with Crippen LogP contribution in [0, 0.1) is 7.11 Å². The maximum absolute atomic E-state index is 5.13. The molecule has 0 aromatic heterocycles. The second-order valence-electron chi connectivity index (χ2n) is 2.51. The van der Waals surface area contributed by atoms with Gasteiger partial charge in [0.15, 0.2) is 11.5 Å². The third-order valence-electron chi connectivity index (χ3n) is 1.80. The molecule has 0 spiro atoms. The molecule has 0 atom stereocenters. The quantitative estimate of drug-likeness (QED) is 0.738. The summed E-state index contributed by atoms with van der Waals surface area (Å²) in [6, 6.07) is 3.35. The SMILES string of the molecule is [CH2]Oc1cc(OC)c(OC)c(OC)c1. The van der Waals surface area contributed by atoms with Gasteiger partial charge in [0.2, 0.25) is 5.75 Å². The van der Waals surface area contributed by atoms with Crippen LogP contribution in [-0.4, -0.2) is 21.3 Å². The summed E-state index contributed by atoms with van der Waals surface area (Å²) in [5.74, 6) is 2.19. The van der Waals surface area contributed by atoms with Crippen molar-refractivity contribution in [2.45, 2.75) is 0 Å². The van der Waals surface area contributed by atoms with Crippen LogP contribution in [0.4, 0.5) is 0 Å². The molecule has 77 valence electrons. The van der Waals surface area contributed by atoms with E-state index in [1.165, 1.54) is 0 Å². The molecule has 0 unspecified atom stereocenters.